The summed E-state index contributed by atoms with van der Waals surface area (Å²) in [6.07, 6.45) is -2.25. The molecule has 0 aromatic rings. The average molecular weight is 402 g/mol. The first-order chi connectivity index (χ1) is 13.0. The Morgan fingerprint density at radius 3 is 2.04 bits per heavy atom. The predicted octanol–water partition coefficient (Wildman–Crippen LogP) is 1.75. The van der Waals surface area contributed by atoms with E-state index in [1.54, 1.807) is 6.92 Å². The molecule has 0 saturated carbocycles. The molecule has 1 heterocycles. The molecule has 1 rings (SSSR count). The Bertz CT molecular complexity index is 602. The zero-order chi connectivity index (χ0) is 21.6. The maximum Gasteiger partial charge on any atom is 0.379 e. The number of ether oxygens (including phenoxy) is 5. The van der Waals surface area contributed by atoms with E-state index in [-0.39, 0.29) is 18.3 Å². The van der Waals surface area contributed by atoms with Crippen molar-refractivity contribution in [1.82, 2.24) is 0 Å². The fraction of sp³-hybridized carbons (Fsp3) is 0.789. The average Bonchev–Trinajstić information content (AvgIpc) is 2.59. The van der Waals surface area contributed by atoms with Crippen molar-refractivity contribution in [2.45, 2.75) is 78.5 Å². The molecule has 1 saturated heterocycles. The summed E-state index contributed by atoms with van der Waals surface area (Å²) < 4.78 is 26.8. The summed E-state index contributed by atoms with van der Waals surface area (Å²) in [5.74, 6) is -5.06. The highest BCUT2D eigenvalue weighted by Gasteiger charge is 2.56. The monoisotopic (exact) mass is 402 g/mol. The van der Waals surface area contributed by atoms with Crippen molar-refractivity contribution in [2.75, 3.05) is 7.11 Å². The van der Waals surface area contributed by atoms with Crippen LogP contribution in [0.3, 0.4) is 0 Å². The quantitative estimate of drug-likeness (QED) is 0.464. The van der Waals surface area contributed by atoms with E-state index in [0.29, 0.717) is 6.42 Å². The molecule has 9 heteroatoms. The lowest BCUT2D eigenvalue weighted by Crippen LogP contribution is -2.60. The lowest BCUT2D eigenvalue weighted by molar-refractivity contribution is -0.302. The molecule has 0 spiro atoms. The molecule has 0 aromatic heterocycles. The van der Waals surface area contributed by atoms with E-state index in [0.717, 1.165) is 14.0 Å². The third-order valence-electron chi connectivity index (χ3n) is 4.85. The van der Waals surface area contributed by atoms with E-state index < -0.39 is 48.0 Å². The van der Waals surface area contributed by atoms with Crippen LogP contribution in [0.1, 0.15) is 54.4 Å². The smallest absolute Gasteiger partial charge is 0.379 e. The van der Waals surface area contributed by atoms with Crippen LogP contribution in [0.2, 0.25) is 0 Å². The SMILES string of the molecule is CC[C@@H](OC(C)=O)[C@@H](OC(C)=O)C1OC(OC(C)=O)(C(=O)OC)CC(C)C1C. The summed E-state index contributed by atoms with van der Waals surface area (Å²) in [5.41, 5.74) is 0. The second-order valence-electron chi connectivity index (χ2n) is 7.09. The van der Waals surface area contributed by atoms with Gasteiger partial charge in [0.2, 0.25) is 0 Å². The first-order valence-corrected chi connectivity index (χ1v) is 9.27. The molecule has 0 aromatic carbocycles. The topological polar surface area (TPSA) is 114 Å². The molecule has 1 aliphatic rings. The predicted molar refractivity (Wildman–Crippen MR) is 95.7 cm³/mol. The molecule has 1 fully saturated rings. The van der Waals surface area contributed by atoms with Crippen LogP contribution in [0.5, 0.6) is 0 Å². The molecular formula is C19H30O9. The molecular weight excluding hydrogens is 372 g/mol. The van der Waals surface area contributed by atoms with Gasteiger partial charge < -0.3 is 23.7 Å². The van der Waals surface area contributed by atoms with Gasteiger partial charge in [-0.15, -0.1) is 0 Å². The molecule has 0 radical (unpaired) electrons. The number of esters is 4. The number of rotatable bonds is 7. The largest absolute Gasteiger partial charge is 0.464 e. The van der Waals surface area contributed by atoms with Gasteiger partial charge in [0.05, 0.1) is 7.11 Å². The third-order valence-corrected chi connectivity index (χ3v) is 4.85. The highest BCUT2D eigenvalue weighted by atomic mass is 16.8. The minimum Gasteiger partial charge on any atom is -0.464 e. The summed E-state index contributed by atoms with van der Waals surface area (Å²) in [6, 6.07) is 0. The van der Waals surface area contributed by atoms with Crippen molar-refractivity contribution < 1.29 is 42.9 Å². The Kier molecular flexibility index (Phi) is 8.41. The van der Waals surface area contributed by atoms with Gasteiger partial charge in [0, 0.05) is 27.2 Å². The van der Waals surface area contributed by atoms with Crippen molar-refractivity contribution in [1.29, 1.82) is 0 Å². The van der Waals surface area contributed by atoms with Crippen molar-refractivity contribution in [3.63, 3.8) is 0 Å². The summed E-state index contributed by atoms with van der Waals surface area (Å²) in [6.45, 7) is 9.12. The van der Waals surface area contributed by atoms with E-state index in [9.17, 15) is 19.2 Å². The van der Waals surface area contributed by atoms with Crippen LogP contribution in [0.25, 0.3) is 0 Å². The van der Waals surface area contributed by atoms with Crippen molar-refractivity contribution in [3.8, 4) is 0 Å². The number of methoxy groups -OCH3 is 1. The lowest BCUT2D eigenvalue weighted by atomic mass is 9.79. The Morgan fingerprint density at radius 1 is 1.04 bits per heavy atom. The van der Waals surface area contributed by atoms with Gasteiger partial charge in [0.15, 0.2) is 6.10 Å². The summed E-state index contributed by atoms with van der Waals surface area (Å²) in [5, 5.41) is 0. The molecule has 0 bridgehead atoms. The minimum atomic E-state index is -1.97. The summed E-state index contributed by atoms with van der Waals surface area (Å²) in [4.78, 5) is 47.4. The van der Waals surface area contributed by atoms with Crippen LogP contribution in [0.15, 0.2) is 0 Å². The first kappa shape index (κ1) is 23.9. The number of carbonyl (C=O) groups excluding carboxylic acids is 4. The van der Waals surface area contributed by atoms with Gasteiger partial charge in [-0.2, -0.15) is 0 Å². The lowest BCUT2D eigenvalue weighted by Gasteiger charge is -2.47. The molecule has 9 nitrogen and oxygen atoms in total. The minimum absolute atomic E-state index is 0.0774. The fourth-order valence-electron chi connectivity index (χ4n) is 3.44. The third kappa shape index (κ3) is 5.67. The Hall–Kier alpha value is -2.16. The van der Waals surface area contributed by atoms with Crippen LogP contribution >= 0.6 is 0 Å². The number of carbonyl (C=O) groups is 4. The van der Waals surface area contributed by atoms with Crippen LogP contribution in [-0.4, -0.2) is 55.1 Å². The van der Waals surface area contributed by atoms with Gasteiger partial charge in [-0.1, -0.05) is 20.8 Å². The molecule has 160 valence electrons. The highest BCUT2D eigenvalue weighted by molar-refractivity contribution is 5.81. The zero-order valence-corrected chi connectivity index (χ0v) is 17.5. The fourth-order valence-corrected chi connectivity index (χ4v) is 3.44. The summed E-state index contributed by atoms with van der Waals surface area (Å²) >= 11 is 0. The van der Waals surface area contributed by atoms with Crippen molar-refractivity contribution in [3.05, 3.63) is 0 Å². The van der Waals surface area contributed by atoms with Crippen molar-refractivity contribution >= 4 is 23.9 Å². The van der Waals surface area contributed by atoms with Crippen LogP contribution in [0, 0.1) is 11.8 Å². The molecule has 0 aliphatic carbocycles. The van der Waals surface area contributed by atoms with E-state index in [4.69, 9.17) is 23.7 Å². The number of hydrogen-bond acceptors (Lipinski definition) is 9. The van der Waals surface area contributed by atoms with Gasteiger partial charge in [-0.3, -0.25) is 14.4 Å². The van der Waals surface area contributed by atoms with Crippen molar-refractivity contribution in [2.24, 2.45) is 11.8 Å². The zero-order valence-electron chi connectivity index (χ0n) is 17.5. The summed E-state index contributed by atoms with van der Waals surface area (Å²) in [7, 11) is 1.16. The number of hydrogen-bond donors (Lipinski definition) is 0. The molecule has 1 aliphatic heterocycles. The van der Waals surface area contributed by atoms with Gasteiger partial charge in [-0.05, 0) is 18.3 Å². The van der Waals surface area contributed by atoms with Crippen LogP contribution in [-0.2, 0) is 42.9 Å². The second kappa shape index (κ2) is 9.86. The molecule has 0 N–H and O–H groups in total. The second-order valence-corrected chi connectivity index (χ2v) is 7.09. The van der Waals surface area contributed by atoms with Gasteiger partial charge in [-0.25, -0.2) is 4.79 Å². The standard InChI is InChI=1S/C19H30O9/c1-8-15(25-12(4)20)17(26-13(5)21)16-11(3)10(2)9-19(28-16,18(23)24-7)27-14(6)22/h10-11,15-17H,8-9H2,1-7H3/t10?,11?,15-,16?,17-,19?/m1/s1. The molecule has 4 unspecified atom stereocenters. The maximum absolute atomic E-state index is 12.5. The van der Waals surface area contributed by atoms with Gasteiger partial charge >= 0.3 is 29.7 Å². The van der Waals surface area contributed by atoms with Crippen LogP contribution in [0.4, 0.5) is 0 Å². The van der Waals surface area contributed by atoms with E-state index >= 15 is 0 Å². The Morgan fingerprint density at radius 2 is 1.61 bits per heavy atom. The van der Waals surface area contributed by atoms with E-state index in [1.807, 2.05) is 13.8 Å². The molecule has 6 atom stereocenters. The maximum atomic E-state index is 12.5. The van der Waals surface area contributed by atoms with E-state index in [1.165, 1.54) is 13.8 Å². The van der Waals surface area contributed by atoms with Crippen LogP contribution < -0.4 is 0 Å². The first-order valence-electron chi connectivity index (χ1n) is 9.27. The Balaban J connectivity index is 3.38. The molecule has 28 heavy (non-hydrogen) atoms. The molecule has 0 amide bonds. The highest BCUT2D eigenvalue weighted by Crippen LogP contribution is 2.41. The Labute approximate surface area is 165 Å². The van der Waals surface area contributed by atoms with Gasteiger partial charge in [0.1, 0.15) is 12.2 Å². The van der Waals surface area contributed by atoms with E-state index in [2.05, 4.69) is 0 Å². The van der Waals surface area contributed by atoms with Gasteiger partial charge in [0.25, 0.3) is 0 Å². The normalized spacial score (nSPS) is 29.2.